The van der Waals surface area contributed by atoms with E-state index in [-0.39, 0.29) is 11.1 Å². The Morgan fingerprint density at radius 3 is 1.25 bits per heavy atom. The van der Waals surface area contributed by atoms with Crippen molar-refractivity contribution in [3.63, 3.8) is 0 Å². The van der Waals surface area contributed by atoms with E-state index in [0.29, 0.717) is 40.0 Å². The van der Waals surface area contributed by atoms with Crippen molar-refractivity contribution >= 4 is 50.6 Å². The third-order valence-electron chi connectivity index (χ3n) is 11.7. The van der Waals surface area contributed by atoms with Gasteiger partial charge in [0.15, 0.2) is 0 Å². The van der Waals surface area contributed by atoms with Crippen LogP contribution in [0.2, 0.25) is 39.3 Å². The predicted molar refractivity (Wildman–Crippen MR) is 232 cm³/mol. The van der Waals surface area contributed by atoms with Crippen molar-refractivity contribution in [2.45, 2.75) is 98.4 Å². The van der Waals surface area contributed by atoms with Crippen molar-refractivity contribution in [2.24, 2.45) is 0 Å². The molecular formula is C44H51BCl2F6NSi2Zr. The standard InChI is InChI=1S/2C19H16F3.C6H19BNSi2.2ClH.Zr/c2*1-2-6-13-11-14-7-5-9-15(17(14)12-13)16-8-3-4-10-18(16)19(20,21)22;1-9(2,3)8(7)10(4,5)6;;;/h2*3-5,7-12H,2,6H2,1H3;7H,1-6H3;2*1H;/q;;+1;;;+1/p-2. The van der Waals surface area contributed by atoms with E-state index < -0.39 is 63.4 Å². The number of nitrogens with zero attached hydrogens (tertiary/aromatic N) is 1. The molecule has 0 aliphatic heterocycles. The quantitative estimate of drug-likeness (QED) is 0.101. The van der Waals surface area contributed by atoms with Gasteiger partial charge in [-0.1, -0.05) is 0 Å². The Morgan fingerprint density at radius 2 is 0.912 bits per heavy atom. The van der Waals surface area contributed by atoms with E-state index in [1.54, 1.807) is 24.3 Å². The molecule has 2 aliphatic rings. The zero-order chi connectivity index (χ0) is 42.0. The van der Waals surface area contributed by atoms with Crippen molar-refractivity contribution in [3.05, 3.63) is 129 Å². The van der Waals surface area contributed by atoms with Gasteiger partial charge < -0.3 is 0 Å². The van der Waals surface area contributed by atoms with Crippen molar-refractivity contribution in [3.8, 4) is 22.3 Å². The molecule has 2 atom stereocenters. The van der Waals surface area contributed by atoms with Crippen LogP contribution in [-0.2, 0) is 28.5 Å². The van der Waals surface area contributed by atoms with Gasteiger partial charge in [-0.2, -0.15) is 0 Å². The van der Waals surface area contributed by atoms with E-state index in [1.165, 1.54) is 24.3 Å². The molecule has 0 fully saturated rings. The molecule has 57 heavy (non-hydrogen) atoms. The van der Waals surface area contributed by atoms with Crippen molar-refractivity contribution in [1.82, 2.24) is 4.14 Å². The molecule has 6 rings (SSSR count). The van der Waals surface area contributed by atoms with Gasteiger partial charge in [-0.25, -0.2) is 0 Å². The fourth-order valence-electron chi connectivity index (χ4n) is 9.86. The molecule has 0 radical (unpaired) electrons. The molecule has 0 saturated heterocycles. The molecule has 2 unspecified atom stereocenters. The van der Waals surface area contributed by atoms with E-state index in [0.717, 1.165) is 47.2 Å². The second-order valence-corrected chi connectivity index (χ2v) is 50.0. The van der Waals surface area contributed by atoms with Crippen LogP contribution < -0.4 is 0 Å². The van der Waals surface area contributed by atoms with Crippen LogP contribution in [0.4, 0.5) is 26.3 Å². The minimum atomic E-state index is -5.78. The molecule has 4 aromatic carbocycles. The molecule has 303 valence electrons. The summed E-state index contributed by atoms with van der Waals surface area (Å²) in [6.45, 7) is 18.0. The summed E-state index contributed by atoms with van der Waals surface area (Å²) in [7, 11) is 13.5. The zero-order valence-corrected chi connectivity index (χ0v) is 39.9. The summed E-state index contributed by atoms with van der Waals surface area (Å²) in [5, 5.41) is 0. The Hall–Kier alpha value is -2.14. The maximum atomic E-state index is 14.6. The zero-order valence-electron chi connectivity index (χ0n) is 33.9. The third kappa shape index (κ3) is 8.33. The molecular weight excluding hydrogens is 886 g/mol. The van der Waals surface area contributed by atoms with E-state index in [4.69, 9.17) is 17.0 Å². The SMILES string of the molecule is CCCC1=Cc2c(-c3ccccc3C(F)(F)F)cccc2[CH]1[Zr]([Cl])([Cl])([BH]N([Si](C)(C)C)[Si](C)(C)C)[CH]1C(CCC)=Cc2c(-c3ccccc3C(F)(F)F)cccc21. The van der Waals surface area contributed by atoms with Crippen LogP contribution >= 0.6 is 17.0 Å². The molecule has 0 heterocycles. The Labute approximate surface area is 344 Å². The summed E-state index contributed by atoms with van der Waals surface area (Å²) in [4.78, 5) is 0.457. The number of hydrogen-bond donors (Lipinski definition) is 0. The number of alkyl halides is 6. The first-order valence-electron chi connectivity index (χ1n) is 19.8. The van der Waals surface area contributed by atoms with E-state index in [9.17, 15) is 26.3 Å². The number of hydrogen-bond acceptors (Lipinski definition) is 1. The monoisotopic (exact) mass is 934 g/mol. The van der Waals surface area contributed by atoms with Gasteiger partial charge in [0.25, 0.3) is 0 Å². The first-order chi connectivity index (χ1) is 26.4. The van der Waals surface area contributed by atoms with Gasteiger partial charge in [0, 0.05) is 0 Å². The van der Waals surface area contributed by atoms with Crippen molar-refractivity contribution < 1.29 is 42.5 Å². The Balaban J connectivity index is 1.70. The van der Waals surface area contributed by atoms with Gasteiger partial charge in [-0.15, -0.1) is 0 Å². The normalized spacial score (nSPS) is 18.2. The van der Waals surface area contributed by atoms with Gasteiger partial charge in [0.05, 0.1) is 0 Å². The second-order valence-electron chi connectivity index (χ2n) is 17.8. The number of fused-ring (bicyclic) bond motifs is 2. The summed E-state index contributed by atoms with van der Waals surface area (Å²) >= 11 is -5.78. The molecule has 13 heteroatoms. The third-order valence-corrected chi connectivity index (χ3v) is 38.8. The van der Waals surface area contributed by atoms with Crippen LogP contribution in [0.3, 0.4) is 0 Å². The summed E-state index contributed by atoms with van der Waals surface area (Å²) in [6.07, 6.45) is -2.18. The van der Waals surface area contributed by atoms with Crippen molar-refractivity contribution in [2.75, 3.05) is 0 Å². The van der Waals surface area contributed by atoms with Gasteiger partial charge in [0.2, 0.25) is 0 Å². The second kappa shape index (κ2) is 15.7. The van der Waals surface area contributed by atoms with Crippen LogP contribution in [0.15, 0.2) is 96.1 Å². The molecule has 1 nitrogen and oxygen atoms in total. The number of rotatable bonds is 12. The van der Waals surface area contributed by atoms with Crippen LogP contribution in [-0.4, -0.2) is 25.6 Å². The summed E-state index contributed by atoms with van der Waals surface area (Å²) in [5.41, 5.74) is 4.91. The Bertz CT molecular complexity index is 2090. The molecule has 0 bridgehead atoms. The van der Waals surface area contributed by atoms with Crippen molar-refractivity contribution in [1.29, 1.82) is 0 Å². The molecule has 0 N–H and O–H groups in total. The van der Waals surface area contributed by atoms with Gasteiger partial charge in [0.1, 0.15) is 0 Å². The minimum absolute atomic E-state index is 0.102. The topological polar surface area (TPSA) is 3.24 Å². The maximum absolute atomic E-state index is 14.6. The fourth-order valence-corrected chi connectivity index (χ4v) is 52.2. The number of halogens is 8. The van der Waals surface area contributed by atoms with Crippen LogP contribution in [0.25, 0.3) is 34.4 Å². The molecule has 2 aliphatic carbocycles. The summed E-state index contributed by atoms with van der Waals surface area (Å²) in [5.74, 6) is 0. The molecule has 4 aromatic rings. The predicted octanol–water partition coefficient (Wildman–Crippen LogP) is 15.5. The van der Waals surface area contributed by atoms with Gasteiger partial charge in [-0.3, -0.25) is 0 Å². The molecule has 0 aromatic heterocycles. The van der Waals surface area contributed by atoms with Crippen LogP contribution in [0.5, 0.6) is 0 Å². The molecule has 0 saturated carbocycles. The number of benzene rings is 4. The van der Waals surface area contributed by atoms with E-state index >= 15 is 0 Å². The molecule has 0 amide bonds. The van der Waals surface area contributed by atoms with E-state index in [2.05, 4.69) is 69.4 Å². The Kier molecular flexibility index (Phi) is 12.2. The van der Waals surface area contributed by atoms with Crippen LogP contribution in [0, 0.1) is 0 Å². The average Bonchev–Trinajstić information content (AvgIpc) is 3.69. The Morgan fingerprint density at radius 1 is 0.561 bits per heavy atom. The first kappa shape index (κ1) is 44.4. The fraction of sp³-hybridized carbons (Fsp3) is 0.364. The van der Waals surface area contributed by atoms with Gasteiger partial charge >= 0.3 is 347 Å². The van der Waals surface area contributed by atoms with E-state index in [1.807, 2.05) is 24.3 Å². The first-order valence-corrected chi connectivity index (χ1v) is 37.6. The van der Waals surface area contributed by atoms with Crippen LogP contribution in [0.1, 0.15) is 80.2 Å². The number of allylic oxidation sites excluding steroid dienone is 2. The average molecular weight is 937 g/mol. The summed E-state index contributed by atoms with van der Waals surface area (Å²) in [6, 6.07) is 22.5. The van der Waals surface area contributed by atoms with Gasteiger partial charge in [-0.05, 0) is 0 Å². The molecule has 0 spiro atoms. The summed E-state index contributed by atoms with van der Waals surface area (Å²) < 4.78 is 89.2.